The molecule has 1 aliphatic rings. The number of benzene rings is 2. The van der Waals surface area contributed by atoms with Crippen molar-refractivity contribution < 1.29 is 23.5 Å². The van der Waals surface area contributed by atoms with Crippen LogP contribution in [-0.4, -0.2) is 31.1 Å². The summed E-state index contributed by atoms with van der Waals surface area (Å²) in [6.07, 6.45) is 0.952. The van der Waals surface area contributed by atoms with Gasteiger partial charge in [-0.05, 0) is 50.2 Å². The van der Waals surface area contributed by atoms with Crippen LogP contribution in [0.4, 0.5) is 4.39 Å². The van der Waals surface area contributed by atoms with Gasteiger partial charge in [-0.1, -0.05) is 0 Å². The number of rotatable bonds is 7. The number of ether oxygens (including phenoxy) is 2. The number of nitrogens with one attached hydrogen (secondary N) is 2. The van der Waals surface area contributed by atoms with Crippen molar-refractivity contribution in [1.82, 2.24) is 10.6 Å². The van der Waals surface area contributed by atoms with E-state index in [0.717, 1.165) is 29.0 Å². The first-order valence-electron chi connectivity index (χ1n) is 9.22. The third-order valence-corrected chi connectivity index (χ3v) is 4.37. The first-order chi connectivity index (χ1) is 13.5. The van der Waals surface area contributed by atoms with Crippen LogP contribution >= 0.6 is 0 Å². The molecule has 28 heavy (non-hydrogen) atoms. The van der Waals surface area contributed by atoms with E-state index in [0.29, 0.717) is 6.61 Å². The highest BCUT2D eigenvalue weighted by atomic mass is 19.1. The maximum absolute atomic E-state index is 12.9. The van der Waals surface area contributed by atoms with E-state index >= 15 is 0 Å². The highest BCUT2D eigenvalue weighted by Gasteiger charge is 2.22. The van der Waals surface area contributed by atoms with Crippen molar-refractivity contribution in [1.29, 1.82) is 0 Å². The second kappa shape index (κ2) is 8.73. The van der Waals surface area contributed by atoms with E-state index in [9.17, 15) is 14.0 Å². The molecule has 0 saturated carbocycles. The number of fused-ring (bicyclic) bond motifs is 1. The average molecular weight is 386 g/mol. The van der Waals surface area contributed by atoms with Crippen molar-refractivity contribution in [2.45, 2.75) is 32.9 Å². The molecule has 7 heteroatoms. The maximum atomic E-state index is 12.9. The van der Waals surface area contributed by atoms with Gasteiger partial charge in [-0.2, -0.15) is 0 Å². The van der Waals surface area contributed by atoms with Gasteiger partial charge in [0.2, 0.25) is 5.91 Å². The number of carbonyl (C=O) groups excluding carboxylic acids is 2. The summed E-state index contributed by atoms with van der Waals surface area (Å²) in [6, 6.07) is 8.97. The van der Waals surface area contributed by atoms with Crippen molar-refractivity contribution in [3.63, 3.8) is 0 Å². The molecule has 6 nitrogen and oxygen atoms in total. The van der Waals surface area contributed by atoms with E-state index in [-0.39, 0.29) is 30.7 Å². The van der Waals surface area contributed by atoms with Crippen LogP contribution in [0.15, 0.2) is 36.4 Å². The summed E-state index contributed by atoms with van der Waals surface area (Å²) in [7, 11) is 0. The van der Waals surface area contributed by atoms with E-state index in [1.54, 1.807) is 0 Å². The van der Waals surface area contributed by atoms with Gasteiger partial charge in [0.25, 0.3) is 5.91 Å². The normalized spacial score (nSPS) is 14.8. The van der Waals surface area contributed by atoms with Gasteiger partial charge < -0.3 is 20.1 Å². The largest absolute Gasteiger partial charge is 0.494 e. The van der Waals surface area contributed by atoms with Crippen LogP contribution in [-0.2, 0) is 17.8 Å². The second-order valence-electron chi connectivity index (χ2n) is 6.60. The average Bonchev–Trinajstić information content (AvgIpc) is 3.03. The third kappa shape index (κ3) is 4.79. The van der Waals surface area contributed by atoms with Crippen LogP contribution < -0.4 is 20.1 Å². The molecule has 0 spiro atoms. The Balaban J connectivity index is 1.56. The summed E-state index contributed by atoms with van der Waals surface area (Å²) in [5.74, 6) is 0.323. The molecule has 1 unspecified atom stereocenters. The van der Waals surface area contributed by atoms with Crippen molar-refractivity contribution in [3.05, 3.63) is 58.9 Å². The van der Waals surface area contributed by atoms with Crippen LogP contribution in [0.25, 0.3) is 0 Å². The highest BCUT2D eigenvalue weighted by molar-refractivity contribution is 5.96. The predicted octanol–water partition coefficient (Wildman–Crippen LogP) is 2.59. The Kier molecular flexibility index (Phi) is 6.13. The summed E-state index contributed by atoms with van der Waals surface area (Å²) >= 11 is 0. The van der Waals surface area contributed by atoms with Crippen molar-refractivity contribution >= 4 is 11.8 Å². The van der Waals surface area contributed by atoms with Crippen LogP contribution in [0, 0.1) is 5.82 Å². The smallest absolute Gasteiger partial charge is 0.251 e. The van der Waals surface area contributed by atoms with Crippen LogP contribution in [0.1, 0.15) is 35.3 Å². The molecule has 3 rings (SSSR count). The lowest BCUT2D eigenvalue weighted by Gasteiger charge is -2.13. The van der Waals surface area contributed by atoms with Crippen molar-refractivity contribution in [3.8, 4) is 11.5 Å². The number of hydrogen-bond acceptors (Lipinski definition) is 4. The molecule has 1 atom stereocenters. The van der Waals surface area contributed by atoms with E-state index in [4.69, 9.17) is 9.47 Å². The Morgan fingerprint density at radius 3 is 2.68 bits per heavy atom. The van der Waals surface area contributed by atoms with E-state index in [2.05, 4.69) is 10.6 Å². The third-order valence-electron chi connectivity index (χ3n) is 4.37. The molecule has 0 aromatic heterocycles. The molecule has 0 aliphatic carbocycles. The Bertz CT molecular complexity index is 867. The summed E-state index contributed by atoms with van der Waals surface area (Å²) in [6.45, 7) is 4.50. The van der Waals surface area contributed by atoms with Gasteiger partial charge in [-0.25, -0.2) is 4.39 Å². The fourth-order valence-corrected chi connectivity index (χ4v) is 3.03. The zero-order valence-corrected chi connectivity index (χ0v) is 15.9. The topological polar surface area (TPSA) is 76.7 Å². The zero-order chi connectivity index (χ0) is 20.1. The lowest BCUT2D eigenvalue weighted by Crippen LogP contribution is -2.36. The molecule has 0 bridgehead atoms. The molecule has 1 aliphatic heterocycles. The van der Waals surface area contributed by atoms with Crippen LogP contribution in [0.3, 0.4) is 0 Å². The Hall–Kier alpha value is -3.09. The number of amides is 2. The quantitative estimate of drug-likeness (QED) is 0.767. The molecule has 0 radical (unpaired) electrons. The monoisotopic (exact) mass is 386 g/mol. The molecule has 2 N–H and O–H groups in total. The summed E-state index contributed by atoms with van der Waals surface area (Å²) in [4.78, 5) is 24.1. The van der Waals surface area contributed by atoms with Crippen LogP contribution in [0.2, 0.25) is 0 Å². The fourth-order valence-electron chi connectivity index (χ4n) is 3.03. The van der Waals surface area contributed by atoms with Crippen molar-refractivity contribution in [2.24, 2.45) is 0 Å². The lowest BCUT2D eigenvalue weighted by atomic mass is 10.1. The molecular weight excluding hydrogens is 363 g/mol. The van der Waals surface area contributed by atoms with E-state index in [1.165, 1.54) is 24.3 Å². The molecule has 0 fully saturated rings. The Labute approximate surface area is 163 Å². The maximum Gasteiger partial charge on any atom is 0.251 e. The summed E-state index contributed by atoms with van der Waals surface area (Å²) in [5.41, 5.74) is 2.20. The molecule has 2 amide bonds. The van der Waals surface area contributed by atoms with Gasteiger partial charge >= 0.3 is 0 Å². The minimum Gasteiger partial charge on any atom is -0.494 e. The second-order valence-corrected chi connectivity index (χ2v) is 6.60. The number of hydrogen-bond donors (Lipinski definition) is 2. The SMILES string of the molecule is CCOc1cc2c(cc1CNC(=O)CNC(=O)c1ccc(F)cc1)OC(C)C2. The minimum atomic E-state index is -0.440. The Morgan fingerprint density at radius 1 is 1.21 bits per heavy atom. The van der Waals surface area contributed by atoms with Crippen molar-refractivity contribution in [2.75, 3.05) is 13.2 Å². The first kappa shape index (κ1) is 19.7. The van der Waals surface area contributed by atoms with Gasteiger partial charge in [-0.3, -0.25) is 9.59 Å². The molecule has 1 heterocycles. The molecule has 0 saturated heterocycles. The first-order valence-corrected chi connectivity index (χ1v) is 9.22. The lowest BCUT2D eigenvalue weighted by molar-refractivity contribution is -0.120. The van der Waals surface area contributed by atoms with Gasteiger partial charge in [0.1, 0.15) is 23.4 Å². The molecule has 148 valence electrons. The summed E-state index contributed by atoms with van der Waals surface area (Å²) in [5, 5.41) is 5.28. The predicted molar refractivity (Wildman–Crippen MR) is 102 cm³/mol. The van der Waals surface area contributed by atoms with E-state index < -0.39 is 11.7 Å². The van der Waals surface area contributed by atoms with Gasteiger partial charge in [-0.15, -0.1) is 0 Å². The molecule has 2 aromatic carbocycles. The zero-order valence-electron chi connectivity index (χ0n) is 15.9. The minimum absolute atomic E-state index is 0.121. The van der Waals surface area contributed by atoms with Gasteiger partial charge in [0.15, 0.2) is 0 Å². The van der Waals surface area contributed by atoms with Crippen LogP contribution in [0.5, 0.6) is 11.5 Å². The highest BCUT2D eigenvalue weighted by Crippen LogP contribution is 2.35. The van der Waals surface area contributed by atoms with Gasteiger partial charge in [0.05, 0.1) is 13.2 Å². The molecule has 2 aromatic rings. The van der Waals surface area contributed by atoms with Gasteiger partial charge in [0, 0.05) is 29.7 Å². The number of halogens is 1. The standard InChI is InChI=1S/C21H23FN2O4/c1-3-27-18-9-15-8-13(2)28-19(15)10-16(18)11-23-20(25)12-24-21(26)14-4-6-17(22)7-5-14/h4-7,9-10,13H,3,8,11-12H2,1-2H3,(H,23,25)(H,24,26). The molecular formula is C21H23FN2O4. The number of carbonyl (C=O) groups is 2. The van der Waals surface area contributed by atoms with E-state index in [1.807, 2.05) is 26.0 Å². The fraction of sp³-hybridized carbons (Fsp3) is 0.333. The Morgan fingerprint density at radius 2 is 1.96 bits per heavy atom. The summed E-state index contributed by atoms with van der Waals surface area (Å²) < 4.78 is 24.4.